The first-order valence-corrected chi connectivity index (χ1v) is 20.9. The summed E-state index contributed by atoms with van der Waals surface area (Å²) < 4.78 is 16.1. The fourth-order valence-electron chi connectivity index (χ4n) is 8.58. The molecule has 342 valence electrons. The van der Waals surface area contributed by atoms with Crippen molar-refractivity contribution in [1.29, 1.82) is 0 Å². The summed E-state index contributed by atoms with van der Waals surface area (Å²) in [5.74, 6) is -9.00. The number of fused-ring (bicyclic) bond motifs is 3. The highest BCUT2D eigenvalue weighted by molar-refractivity contribution is 6.25. The van der Waals surface area contributed by atoms with Gasteiger partial charge in [-0.25, -0.2) is 9.59 Å². The summed E-state index contributed by atoms with van der Waals surface area (Å²) in [5, 5.41) is 48.9. The molecule has 0 spiro atoms. The fourth-order valence-corrected chi connectivity index (χ4v) is 8.58. The molecule has 0 fully saturated rings. The molecule has 3 amide bonds. The SMILES string of the molecule is CCCCCCCOc1ccc(C(=O)OCOC(=O)N(CC(=O)Nc2cc(N(C)C)c3c(c2O)C(=O)C2=C(O)[C@]4(O)C(=O)C(C(N)=O)=C(O)[C@@H](N(C)C)[C@@H]4C[C@@H]2C3)C(C)(C)C)cc1. The number of phenolic OH excluding ortho intramolecular Hbond substituents is 1. The number of Topliss-reactive ketones (excluding diaryl/α,β-unsaturated/α-hetero) is 2. The van der Waals surface area contributed by atoms with E-state index in [4.69, 9.17) is 19.9 Å². The molecule has 0 saturated heterocycles. The Bertz CT molecular complexity index is 2210. The molecule has 3 aliphatic carbocycles. The molecule has 18 heteroatoms. The number of likely N-dealkylation sites (N-methyl/N-ethyl adjacent to an activating group) is 1. The number of benzene rings is 2. The minimum Gasteiger partial charge on any atom is -0.510 e. The zero-order valence-corrected chi connectivity index (χ0v) is 37.1. The molecule has 0 bridgehead atoms. The number of phenols is 1. The van der Waals surface area contributed by atoms with Gasteiger partial charge in [-0.05, 0) is 95.9 Å². The van der Waals surface area contributed by atoms with Crippen molar-refractivity contribution in [2.75, 3.05) is 58.4 Å². The van der Waals surface area contributed by atoms with Crippen LogP contribution < -0.4 is 20.7 Å². The number of anilines is 2. The number of nitrogens with one attached hydrogen (secondary N) is 1. The van der Waals surface area contributed by atoms with Crippen LogP contribution in [0.1, 0.15) is 92.5 Å². The van der Waals surface area contributed by atoms with Gasteiger partial charge in [0.05, 0.1) is 29.5 Å². The highest BCUT2D eigenvalue weighted by Crippen LogP contribution is 2.54. The molecular weight excluding hydrogens is 819 g/mol. The number of carbonyl (C=O) groups is 6. The average Bonchev–Trinajstić information content (AvgIpc) is 3.20. The number of aliphatic hydroxyl groups excluding tert-OH is 2. The minimum atomic E-state index is -2.83. The fraction of sp³-hybridized carbons (Fsp3) is 0.511. The third-order valence-corrected chi connectivity index (χ3v) is 11.8. The van der Waals surface area contributed by atoms with E-state index in [2.05, 4.69) is 12.2 Å². The number of allylic oxidation sites excluding steroid dienone is 1. The minimum absolute atomic E-state index is 0.0248. The van der Waals surface area contributed by atoms with E-state index in [0.29, 0.717) is 23.6 Å². The summed E-state index contributed by atoms with van der Waals surface area (Å²) >= 11 is 0. The van der Waals surface area contributed by atoms with Crippen LogP contribution >= 0.6 is 0 Å². The van der Waals surface area contributed by atoms with E-state index in [1.807, 2.05) is 0 Å². The van der Waals surface area contributed by atoms with Crippen LogP contribution in [0.5, 0.6) is 11.5 Å². The number of rotatable bonds is 16. The number of nitrogens with zero attached hydrogens (tertiary/aromatic N) is 3. The lowest BCUT2D eigenvalue weighted by Crippen LogP contribution is -2.63. The molecule has 0 heterocycles. The number of aliphatic hydroxyl groups is 3. The molecule has 4 atom stereocenters. The molecule has 63 heavy (non-hydrogen) atoms. The van der Waals surface area contributed by atoms with Crippen molar-refractivity contribution >= 4 is 46.8 Å². The third kappa shape index (κ3) is 9.61. The van der Waals surface area contributed by atoms with Gasteiger partial charge in [-0.1, -0.05) is 32.6 Å². The average molecular weight is 878 g/mol. The van der Waals surface area contributed by atoms with Crippen LogP contribution in [-0.4, -0.2) is 131 Å². The molecule has 0 aromatic heterocycles. The summed E-state index contributed by atoms with van der Waals surface area (Å²) in [7, 11) is 6.43. The predicted octanol–water partition coefficient (Wildman–Crippen LogP) is 4.53. The second-order valence-corrected chi connectivity index (χ2v) is 17.6. The van der Waals surface area contributed by atoms with Crippen LogP contribution in [-0.2, 0) is 30.3 Å². The maximum atomic E-state index is 14.4. The van der Waals surface area contributed by atoms with Gasteiger partial charge in [0.1, 0.15) is 29.4 Å². The number of primary amides is 1. The van der Waals surface area contributed by atoms with Crippen LogP contribution in [0.2, 0.25) is 0 Å². The van der Waals surface area contributed by atoms with Crippen LogP contribution in [0, 0.1) is 11.8 Å². The first kappa shape index (κ1) is 47.9. The van der Waals surface area contributed by atoms with Gasteiger partial charge in [-0.15, -0.1) is 0 Å². The number of hydrogen-bond acceptors (Lipinski definition) is 15. The quantitative estimate of drug-likeness (QED) is 0.0445. The van der Waals surface area contributed by atoms with E-state index in [9.17, 15) is 49.2 Å². The predicted molar refractivity (Wildman–Crippen MR) is 231 cm³/mol. The number of unbranched alkanes of at least 4 members (excludes halogenated alkanes) is 4. The normalized spacial score (nSPS) is 20.7. The number of ketones is 2. The molecule has 0 aliphatic heterocycles. The lowest BCUT2D eigenvalue weighted by atomic mass is 9.58. The topological polar surface area (TPSA) is 259 Å². The van der Waals surface area contributed by atoms with Gasteiger partial charge in [0.2, 0.25) is 18.5 Å². The highest BCUT2D eigenvalue weighted by Gasteiger charge is 2.63. The maximum Gasteiger partial charge on any atom is 0.413 e. The van der Waals surface area contributed by atoms with Gasteiger partial charge in [0, 0.05) is 36.8 Å². The number of hydrogen-bond donors (Lipinski definition) is 6. The summed E-state index contributed by atoms with van der Waals surface area (Å²) in [6.07, 6.45) is 4.42. The van der Waals surface area contributed by atoms with Gasteiger partial charge in [-0.2, -0.15) is 0 Å². The first-order chi connectivity index (χ1) is 29.6. The summed E-state index contributed by atoms with van der Waals surface area (Å²) in [6.45, 7) is 6.26. The Hall–Kier alpha value is -6.14. The second kappa shape index (κ2) is 19.1. The van der Waals surface area contributed by atoms with Gasteiger partial charge >= 0.3 is 12.1 Å². The van der Waals surface area contributed by atoms with Gasteiger partial charge in [0.15, 0.2) is 17.1 Å². The Morgan fingerprint density at radius 2 is 1.60 bits per heavy atom. The number of nitrogens with two attached hydrogens (primary N) is 1. The summed E-state index contributed by atoms with van der Waals surface area (Å²) in [4.78, 5) is 84.3. The van der Waals surface area contributed by atoms with Gasteiger partial charge < -0.3 is 50.6 Å². The van der Waals surface area contributed by atoms with Crippen molar-refractivity contribution in [3.63, 3.8) is 0 Å². The van der Waals surface area contributed by atoms with E-state index in [1.165, 1.54) is 29.5 Å². The van der Waals surface area contributed by atoms with Crippen LogP contribution in [0.3, 0.4) is 0 Å². The summed E-state index contributed by atoms with van der Waals surface area (Å²) in [5.41, 5.74) is 0.728. The number of esters is 1. The molecule has 3 aliphatic rings. The summed E-state index contributed by atoms with van der Waals surface area (Å²) in [6, 6.07) is 6.65. The van der Waals surface area contributed by atoms with E-state index < -0.39 is 101 Å². The molecule has 2 aromatic carbocycles. The molecular formula is C45H59N5O13. The zero-order valence-electron chi connectivity index (χ0n) is 37.1. The van der Waals surface area contributed by atoms with Gasteiger partial charge in [-0.3, -0.25) is 29.0 Å². The Kier molecular flexibility index (Phi) is 14.5. The van der Waals surface area contributed by atoms with Crippen molar-refractivity contribution in [3.05, 3.63) is 69.7 Å². The van der Waals surface area contributed by atoms with Crippen molar-refractivity contribution in [2.24, 2.45) is 17.6 Å². The molecule has 7 N–H and O–H groups in total. The number of ether oxygens (including phenoxy) is 3. The molecule has 5 rings (SSSR count). The Morgan fingerprint density at radius 1 is 0.952 bits per heavy atom. The van der Waals surface area contributed by atoms with Crippen molar-refractivity contribution in [3.8, 4) is 11.5 Å². The van der Waals surface area contributed by atoms with Crippen LogP contribution in [0.25, 0.3) is 0 Å². The Labute approximate surface area is 366 Å². The lowest BCUT2D eigenvalue weighted by Gasteiger charge is -2.50. The van der Waals surface area contributed by atoms with Crippen molar-refractivity contribution < 1.29 is 63.4 Å². The monoisotopic (exact) mass is 877 g/mol. The Balaban J connectivity index is 1.32. The van der Waals surface area contributed by atoms with E-state index in [0.717, 1.165) is 30.6 Å². The molecule has 0 radical (unpaired) electrons. The molecule has 0 unspecified atom stereocenters. The number of carbonyl (C=O) groups excluding carboxylic acids is 6. The Morgan fingerprint density at radius 3 is 2.19 bits per heavy atom. The van der Waals surface area contributed by atoms with Gasteiger partial charge in [0.25, 0.3) is 5.91 Å². The third-order valence-electron chi connectivity index (χ3n) is 11.8. The van der Waals surface area contributed by atoms with E-state index in [-0.39, 0.29) is 35.2 Å². The molecule has 2 aromatic rings. The zero-order chi connectivity index (χ0) is 46.7. The van der Waals surface area contributed by atoms with E-state index in [1.54, 1.807) is 66.0 Å². The van der Waals surface area contributed by atoms with Crippen molar-refractivity contribution in [1.82, 2.24) is 9.80 Å². The lowest BCUT2D eigenvalue weighted by molar-refractivity contribution is -0.148. The highest BCUT2D eigenvalue weighted by atomic mass is 16.7. The number of amides is 3. The standard InChI is InChI=1S/C45H59N5O13/c1-9-10-11-12-13-18-61-26-16-14-24(15-17-26)42(58)62-23-63-43(59)50(44(2,3)4)22-31(51)47-29-21-30(48(5)6)27-19-25-20-28-35(49(7)8)38(54)34(41(46)57)40(56)45(28,60)39(55)32(25)37(53)33(27)36(29)52/h14-17,21,25,28,35,52,54-55,60H,9-13,18-20,22-23H2,1-8H3,(H2,46,57)(H,47,51)/t25-,28-,35-,45-/m0/s1. The van der Waals surface area contributed by atoms with Crippen LogP contribution in [0.15, 0.2) is 53.0 Å². The van der Waals surface area contributed by atoms with Crippen molar-refractivity contribution in [2.45, 2.75) is 89.8 Å². The largest absolute Gasteiger partial charge is 0.510 e. The smallest absolute Gasteiger partial charge is 0.413 e. The molecule has 18 nitrogen and oxygen atoms in total. The number of aromatic hydroxyl groups is 1. The van der Waals surface area contributed by atoms with Crippen LogP contribution in [0.4, 0.5) is 16.2 Å². The van der Waals surface area contributed by atoms with E-state index >= 15 is 0 Å². The molecule has 0 saturated carbocycles. The maximum absolute atomic E-state index is 14.4. The second-order valence-electron chi connectivity index (χ2n) is 17.6. The first-order valence-electron chi connectivity index (χ1n) is 20.9.